The summed E-state index contributed by atoms with van der Waals surface area (Å²) >= 11 is 0. The Bertz CT molecular complexity index is 3350. The van der Waals surface area contributed by atoms with Gasteiger partial charge >= 0.3 is 0 Å². The van der Waals surface area contributed by atoms with E-state index in [1.54, 1.807) is 0 Å². The maximum absolute atomic E-state index is 6.56. The topological polar surface area (TPSA) is 31.2 Å². The van der Waals surface area contributed by atoms with Crippen LogP contribution < -0.4 is 0 Å². The van der Waals surface area contributed by atoms with E-state index in [0.717, 1.165) is 49.9 Å². The second-order valence-corrected chi connectivity index (χ2v) is 15.3. The number of hydrogen-bond acceptors (Lipinski definition) is 2. The molecule has 3 aromatic heterocycles. The van der Waals surface area contributed by atoms with Crippen LogP contribution >= 0.6 is 0 Å². The molecule has 3 heteroatoms. The van der Waals surface area contributed by atoms with Crippen LogP contribution in [0.15, 0.2) is 173 Å². The van der Waals surface area contributed by atoms with Gasteiger partial charge in [0.25, 0.3) is 0 Å². The van der Waals surface area contributed by atoms with Crippen LogP contribution in [0, 0.1) is 0 Å². The molecular weight excluding hydrogens is 659 g/mol. The molecule has 54 heavy (non-hydrogen) atoms. The highest BCUT2D eigenvalue weighted by molar-refractivity contribution is 6.15. The van der Waals surface area contributed by atoms with Gasteiger partial charge in [-0.2, -0.15) is 0 Å². The summed E-state index contributed by atoms with van der Waals surface area (Å²) in [6.07, 6.45) is 0. The molecule has 1 aliphatic carbocycles. The van der Waals surface area contributed by atoms with Crippen molar-refractivity contribution in [1.82, 2.24) is 4.57 Å². The molecule has 3 nitrogen and oxygen atoms in total. The summed E-state index contributed by atoms with van der Waals surface area (Å²) in [7, 11) is 0. The zero-order valence-electron chi connectivity index (χ0n) is 29.9. The van der Waals surface area contributed by atoms with Gasteiger partial charge in [-0.25, -0.2) is 0 Å². The minimum Gasteiger partial charge on any atom is -0.455 e. The number of furan rings is 2. The van der Waals surface area contributed by atoms with E-state index >= 15 is 0 Å². The first-order chi connectivity index (χ1) is 26.5. The maximum atomic E-state index is 6.56. The van der Waals surface area contributed by atoms with E-state index < -0.39 is 0 Å². The first kappa shape index (κ1) is 29.7. The summed E-state index contributed by atoms with van der Waals surface area (Å²) < 4.78 is 15.4. The average molecular weight is 692 g/mol. The molecule has 0 saturated heterocycles. The van der Waals surface area contributed by atoms with Crippen LogP contribution in [-0.4, -0.2) is 4.57 Å². The molecule has 0 saturated carbocycles. The van der Waals surface area contributed by atoms with Crippen molar-refractivity contribution >= 4 is 65.7 Å². The summed E-state index contributed by atoms with van der Waals surface area (Å²) in [6.45, 7) is 4.69. The number of benzene rings is 8. The van der Waals surface area contributed by atoms with E-state index in [-0.39, 0.29) is 5.41 Å². The fourth-order valence-electron chi connectivity index (χ4n) is 9.38. The van der Waals surface area contributed by atoms with E-state index in [2.05, 4.69) is 170 Å². The van der Waals surface area contributed by atoms with Crippen LogP contribution in [0.3, 0.4) is 0 Å². The predicted octanol–water partition coefficient (Wildman–Crippen LogP) is 14.2. The smallest absolute Gasteiger partial charge is 0.143 e. The Balaban J connectivity index is 1.06. The standard InChI is InChI=1S/C51H33NO2/c1-51(2)42-24-23-38-36-14-7-9-18-47(36)54-50(38)48(42)39-22-19-31(29-43(39)51)30-20-25-44-40(27-30)41-28-32(21-26-45(41)52(44)33-11-4-3-5-12-33)34-15-10-16-37-35-13-6-8-17-46(35)53-49(34)37/h3-29H,1-2H3. The fourth-order valence-corrected chi connectivity index (χ4v) is 9.38. The molecule has 1 aliphatic rings. The minimum absolute atomic E-state index is 0.173. The molecule has 0 amide bonds. The summed E-state index contributed by atoms with van der Waals surface area (Å²) in [6, 6.07) is 59.2. The van der Waals surface area contributed by atoms with Crippen molar-refractivity contribution in [2.24, 2.45) is 0 Å². The molecule has 0 atom stereocenters. The summed E-state index contributed by atoms with van der Waals surface area (Å²) in [4.78, 5) is 0. The molecule has 0 aliphatic heterocycles. The molecule has 8 aromatic carbocycles. The van der Waals surface area contributed by atoms with Crippen LogP contribution in [0.25, 0.3) is 105 Å². The highest BCUT2D eigenvalue weighted by atomic mass is 16.3. The van der Waals surface area contributed by atoms with Gasteiger partial charge in [-0.05, 0) is 88.0 Å². The fraction of sp³-hybridized carbons (Fsp3) is 0.0588. The second-order valence-electron chi connectivity index (χ2n) is 15.3. The molecule has 0 spiro atoms. The van der Waals surface area contributed by atoms with Gasteiger partial charge < -0.3 is 13.4 Å². The Morgan fingerprint density at radius 2 is 1.00 bits per heavy atom. The van der Waals surface area contributed by atoms with Gasteiger partial charge in [0.05, 0.1) is 11.0 Å². The predicted molar refractivity (Wildman–Crippen MR) is 224 cm³/mol. The van der Waals surface area contributed by atoms with Gasteiger partial charge in [-0.15, -0.1) is 0 Å². The molecule has 0 radical (unpaired) electrons. The van der Waals surface area contributed by atoms with Gasteiger partial charge in [0.1, 0.15) is 22.3 Å². The lowest BCUT2D eigenvalue weighted by Crippen LogP contribution is -2.14. The van der Waals surface area contributed by atoms with Crippen molar-refractivity contribution in [3.05, 3.63) is 175 Å². The number of para-hydroxylation sites is 4. The van der Waals surface area contributed by atoms with Crippen LogP contribution in [0.1, 0.15) is 25.0 Å². The Labute approximate surface area is 311 Å². The third-order valence-electron chi connectivity index (χ3n) is 12.0. The summed E-state index contributed by atoms with van der Waals surface area (Å²) in [5.74, 6) is 0. The first-order valence-corrected chi connectivity index (χ1v) is 18.7. The van der Waals surface area contributed by atoms with Crippen molar-refractivity contribution in [1.29, 1.82) is 0 Å². The molecule has 0 fully saturated rings. The first-order valence-electron chi connectivity index (χ1n) is 18.7. The van der Waals surface area contributed by atoms with Crippen molar-refractivity contribution in [3.8, 4) is 39.1 Å². The maximum Gasteiger partial charge on any atom is 0.143 e. The van der Waals surface area contributed by atoms with E-state index in [4.69, 9.17) is 8.83 Å². The highest BCUT2D eigenvalue weighted by Crippen LogP contribution is 2.53. The van der Waals surface area contributed by atoms with E-state index in [1.807, 2.05) is 12.1 Å². The van der Waals surface area contributed by atoms with Gasteiger partial charge in [-0.1, -0.05) is 123 Å². The molecule has 0 bridgehead atoms. The van der Waals surface area contributed by atoms with Crippen molar-refractivity contribution in [3.63, 3.8) is 0 Å². The number of aromatic nitrogens is 1. The third kappa shape index (κ3) is 3.96. The van der Waals surface area contributed by atoms with Crippen molar-refractivity contribution in [2.75, 3.05) is 0 Å². The molecule has 0 N–H and O–H groups in total. The van der Waals surface area contributed by atoms with Gasteiger partial charge in [0.2, 0.25) is 0 Å². The Kier molecular flexibility index (Phi) is 5.84. The number of rotatable bonds is 3. The van der Waals surface area contributed by atoms with Gasteiger partial charge in [-0.3, -0.25) is 0 Å². The number of nitrogens with zero attached hydrogens (tertiary/aromatic N) is 1. The van der Waals surface area contributed by atoms with Gasteiger partial charge in [0, 0.05) is 54.5 Å². The van der Waals surface area contributed by atoms with Crippen LogP contribution in [-0.2, 0) is 5.41 Å². The van der Waals surface area contributed by atoms with Crippen LogP contribution in [0.5, 0.6) is 0 Å². The lowest BCUT2D eigenvalue weighted by Gasteiger charge is -2.22. The molecule has 12 rings (SSSR count). The summed E-state index contributed by atoms with van der Waals surface area (Å²) in [5.41, 5.74) is 16.9. The van der Waals surface area contributed by atoms with E-state index in [0.29, 0.717) is 0 Å². The highest BCUT2D eigenvalue weighted by Gasteiger charge is 2.38. The normalized spacial score (nSPS) is 13.5. The lowest BCUT2D eigenvalue weighted by atomic mass is 9.81. The monoisotopic (exact) mass is 691 g/mol. The van der Waals surface area contributed by atoms with Crippen LogP contribution in [0.2, 0.25) is 0 Å². The Morgan fingerprint density at radius 1 is 0.407 bits per heavy atom. The zero-order chi connectivity index (χ0) is 35.7. The lowest BCUT2D eigenvalue weighted by molar-refractivity contribution is 0.653. The van der Waals surface area contributed by atoms with Crippen molar-refractivity contribution in [2.45, 2.75) is 19.3 Å². The van der Waals surface area contributed by atoms with Crippen LogP contribution in [0.4, 0.5) is 0 Å². The largest absolute Gasteiger partial charge is 0.455 e. The number of hydrogen-bond donors (Lipinski definition) is 0. The van der Waals surface area contributed by atoms with Crippen molar-refractivity contribution < 1.29 is 8.83 Å². The summed E-state index contributed by atoms with van der Waals surface area (Å²) in [5, 5.41) is 7.05. The minimum atomic E-state index is -0.173. The molecule has 3 heterocycles. The van der Waals surface area contributed by atoms with E-state index in [1.165, 1.54) is 66.0 Å². The molecular formula is C51H33NO2. The Morgan fingerprint density at radius 3 is 1.76 bits per heavy atom. The zero-order valence-corrected chi connectivity index (χ0v) is 29.9. The Hall–Kier alpha value is -6.84. The second kappa shape index (κ2) is 10.6. The number of fused-ring (bicyclic) bond motifs is 13. The van der Waals surface area contributed by atoms with E-state index in [9.17, 15) is 0 Å². The SMILES string of the molecule is CC1(C)c2cc(-c3ccc4c(c3)c3cc(-c5cccc6c5oc5ccccc56)ccc3n4-c3ccccc3)ccc2-c2c1ccc1c2oc2ccccc21. The van der Waals surface area contributed by atoms with Gasteiger partial charge in [0.15, 0.2) is 0 Å². The molecule has 11 aromatic rings. The molecule has 0 unspecified atom stereocenters. The quantitative estimate of drug-likeness (QED) is 0.185. The molecule has 254 valence electrons. The third-order valence-corrected chi connectivity index (χ3v) is 12.0. The average Bonchev–Trinajstić information content (AvgIpc) is 3.94.